The van der Waals surface area contributed by atoms with Gasteiger partial charge in [0, 0.05) is 58.3 Å². The van der Waals surface area contributed by atoms with Gasteiger partial charge >= 0.3 is 0 Å². The first-order valence-electron chi connectivity index (χ1n) is 8.03. The molecule has 2 aliphatic rings. The summed E-state index contributed by atoms with van der Waals surface area (Å²) in [5.41, 5.74) is 0.690. The number of rotatable bonds is 3. The minimum atomic E-state index is -0.203. The molecule has 2 fully saturated rings. The molecule has 2 heterocycles. The molecule has 0 aliphatic carbocycles. The SMILES string of the molecule is CN1CC(C(=O)N2CCN(Cc3ccccc3F)CC2)CC1=O. The molecule has 0 radical (unpaired) electrons. The van der Waals surface area contributed by atoms with E-state index in [0.29, 0.717) is 38.2 Å². The molecule has 2 saturated heterocycles. The zero-order chi connectivity index (χ0) is 16.4. The van der Waals surface area contributed by atoms with Crippen LogP contribution in [0.1, 0.15) is 12.0 Å². The molecule has 2 aliphatic heterocycles. The second-order valence-corrected chi connectivity index (χ2v) is 6.37. The number of amides is 2. The van der Waals surface area contributed by atoms with Crippen molar-refractivity contribution in [3.63, 3.8) is 0 Å². The summed E-state index contributed by atoms with van der Waals surface area (Å²) < 4.78 is 13.7. The Bertz CT molecular complexity index is 599. The number of hydrogen-bond donors (Lipinski definition) is 0. The highest BCUT2D eigenvalue weighted by atomic mass is 19.1. The zero-order valence-electron chi connectivity index (χ0n) is 13.4. The lowest BCUT2D eigenvalue weighted by molar-refractivity contribution is -0.137. The molecule has 1 unspecified atom stereocenters. The molecule has 0 bridgehead atoms. The van der Waals surface area contributed by atoms with E-state index in [9.17, 15) is 14.0 Å². The number of piperazine rings is 1. The normalized spacial score (nSPS) is 22.7. The number of carbonyl (C=O) groups is 2. The Balaban J connectivity index is 1.51. The van der Waals surface area contributed by atoms with Crippen LogP contribution in [0.4, 0.5) is 4.39 Å². The van der Waals surface area contributed by atoms with Gasteiger partial charge in [-0.3, -0.25) is 14.5 Å². The fraction of sp³-hybridized carbons (Fsp3) is 0.529. The lowest BCUT2D eigenvalue weighted by Crippen LogP contribution is -2.50. The van der Waals surface area contributed by atoms with Gasteiger partial charge < -0.3 is 9.80 Å². The summed E-state index contributed by atoms with van der Waals surface area (Å²) in [5.74, 6) is -0.265. The number of benzene rings is 1. The van der Waals surface area contributed by atoms with Gasteiger partial charge in [-0.25, -0.2) is 4.39 Å². The second kappa shape index (κ2) is 6.66. The van der Waals surface area contributed by atoms with Crippen LogP contribution in [0.15, 0.2) is 24.3 Å². The lowest BCUT2D eigenvalue weighted by atomic mass is 10.1. The van der Waals surface area contributed by atoms with Gasteiger partial charge in [-0.1, -0.05) is 18.2 Å². The fourth-order valence-electron chi connectivity index (χ4n) is 3.28. The first kappa shape index (κ1) is 15.9. The van der Waals surface area contributed by atoms with Gasteiger partial charge in [0.05, 0.1) is 5.92 Å². The van der Waals surface area contributed by atoms with E-state index in [4.69, 9.17) is 0 Å². The minimum absolute atomic E-state index is 0.0431. The van der Waals surface area contributed by atoms with Crippen molar-refractivity contribution in [2.45, 2.75) is 13.0 Å². The Morgan fingerprint density at radius 3 is 2.52 bits per heavy atom. The Morgan fingerprint density at radius 1 is 1.22 bits per heavy atom. The van der Waals surface area contributed by atoms with Gasteiger partial charge in [-0.15, -0.1) is 0 Å². The molecule has 124 valence electrons. The lowest BCUT2D eigenvalue weighted by Gasteiger charge is -2.35. The van der Waals surface area contributed by atoms with Crippen molar-refractivity contribution in [3.05, 3.63) is 35.6 Å². The maximum absolute atomic E-state index is 13.7. The minimum Gasteiger partial charge on any atom is -0.345 e. The maximum Gasteiger partial charge on any atom is 0.228 e. The molecule has 1 atom stereocenters. The van der Waals surface area contributed by atoms with Crippen LogP contribution in [0.3, 0.4) is 0 Å². The Kier molecular flexibility index (Phi) is 4.61. The predicted molar refractivity (Wildman–Crippen MR) is 84.0 cm³/mol. The average molecular weight is 319 g/mol. The van der Waals surface area contributed by atoms with Gasteiger partial charge in [-0.05, 0) is 6.07 Å². The van der Waals surface area contributed by atoms with Crippen molar-refractivity contribution in [3.8, 4) is 0 Å². The first-order valence-corrected chi connectivity index (χ1v) is 8.03. The standard InChI is InChI=1S/C17H22FN3O2/c1-19-11-14(10-16(19)22)17(23)21-8-6-20(7-9-21)12-13-4-2-3-5-15(13)18/h2-5,14H,6-12H2,1H3. The van der Waals surface area contributed by atoms with E-state index in [2.05, 4.69) is 4.90 Å². The summed E-state index contributed by atoms with van der Waals surface area (Å²) in [6.45, 7) is 3.84. The van der Waals surface area contributed by atoms with Crippen molar-refractivity contribution in [2.24, 2.45) is 5.92 Å². The molecule has 3 rings (SSSR count). The molecule has 1 aromatic carbocycles. The largest absolute Gasteiger partial charge is 0.345 e. The molecular weight excluding hydrogens is 297 g/mol. The fourth-order valence-corrected chi connectivity index (χ4v) is 3.28. The van der Waals surface area contributed by atoms with E-state index < -0.39 is 0 Å². The molecule has 0 spiro atoms. The summed E-state index contributed by atoms with van der Waals surface area (Å²) in [6, 6.07) is 6.80. The van der Waals surface area contributed by atoms with E-state index in [1.54, 1.807) is 24.1 Å². The van der Waals surface area contributed by atoms with Crippen LogP contribution in [0.2, 0.25) is 0 Å². The topological polar surface area (TPSA) is 43.9 Å². The van der Waals surface area contributed by atoms with Crippen molar-refractivity contribution in [2.75, 3.05) is 39.8 Å². The van der Waals surface area contributed by atoms with Crippen molar-refractivity contribution in [1.29, 1.82) is 0 Å². The number of nitrogens with zero attached hydrogens (tertiary/aromatic N) is 3. The molecule has 0 aromatic heterocycles. The molecule has 2 amide bonds. The van der Waals surface area contributed by atoms with Gasteiger partial charge in [0.2, 0.25) is 11.8 Å². The smallest absolute Gasteiger partial charge is 0.228 e. The highest BCUT2D eigenvalue weighted by Gasteiger charge is 2.35. The van der Waals surface area contributed by atoms with Crippen LogP contribution < -0.4 is 0 Å². The molecule has 1 aromatic rings. The van der Waals surface area contributed by atoms with Gasteiger partial charge in [0.25, 0.3) is 0 Å². The van der Waals surface area contributed by atoms with E-state index in [1.807, 2.05) is 11.0 Å². The summed E-state index contributed by atoms with van der Waals surface area (Å²) in [6.07, 6.45) is 0.324. The van der Waals surface area contributed by atoms with Crippen molar-refractivity contribution < 1.29 is 14.0 Å². The van der Waals surface area contributed by atoms with Crippen LogP contribution in [-0.2, 0) is 16.1 Å². The Hall–Kier alpha value is -1.95. The highest BCUT2D eigenvalue weighted by molar-refractivity contribution is 5.89. The molecule has 23 heavy (non-hydrogen) atoms. The van der Waals surface area contributed by atoms with Gasteiger partial charge in [0.15, 0.2) is 0 Å². The van der Waals surface area contributed by atoms with E-state index >= 15 is 0 Å². The molecule has 5 nitrogen and oxygen atoms in total. The Morgan fingerprint density at radius 2 is 1.91 bits per heavy atom. The Labute approximate surface area is 135 Å². The average Bonchev–Trinajstić information content (AvgIpc) is 2.89. The zero-order valence-corrected chi connectivity index (χ0v) is 13.4. The molecule has 0 saturated carbocycles. The van der Waals surface area contributed by atoms with Gasteiger partial charge in [0.1, 0.15) is 5.82 Å². The van der Waals surface area contributed by atoms with E-state index in [-0.39, 0.29) is 23.5 Å². The van der Waals surface area contributed by atoms with Crippen LogP contribution in [-0.4, -0.2) is 66.3 Å². The van der Waals surface area contributed by atoms with Gasteiger partial charge in [-0.2, -0.15) is 0 Å². The third-order valence-electron chi connectivity index (χ3n) is 4.73. The number of carbonyl (C=O) groups excluding carboxylic acids is 2. The number of halogens is 1. The van der Waals surface area contributed by atoms with Crippen LogP contribution in [0.25, 0.3) is 0 Å². The number of likely N-dealkylation sites (tertiary alicyclic amines) is 1. The van der Waals surface area contributed by atoms with Crippen LogP contribution >= 0.6 is 0 Å². The summed E-state index contributed by atoms with van der Waals surface area (Å²) >= 11 is 0. The summed E-state index contributed by atoms with van der Waals surface area (Å²) in [5, 5.41) is 0. The summed E-state index contributed by atoms with van der Waals surface area (Å²) in [4.78, 5) is 29.7. The highest BCUT2D eigenvalue weighted by Crippen LogP contribution is 2.20. The third kappa shape index (κ3) is 3.52. The quantitative estimate of drug-likeness (QED) is 0.833. The van der Waals surface area contributed by atoms with E-state index in [1.165, 1.54) is 6.07 Å². The molecule has 6 heteroatoms. The summed E-state index contributed by atoms with van der Waals surface area (Å²) in [7, 11) is 1.74. The number of hydrogen-bond acceptors (Lipinski definition) is 3. The van der Waals surface area contributed by atoms with E-state index in [0.717, 1.165) is 13.1 Å². The predicted octanol–water partition coefficient (Wildman–Crippen LogP) is 0.948. The molecular formula is C17H22FN3O2. The van der Waals surface area contributed by atoms with Crippen molar-refractivity contribution in [1.82, 2.24) is 14.7 Å². The third-order valence-corrected chi connectivity index (χ3v) is 4.73. The maximum atomic E-state index is 13.7. The van der Waals surface area contributed by atoms with Crippen LogP contribution in [0, 0.1) is 11.7 Å². The monoisotopic (exact) mass is 319 g/mol. The molecule has 0 N–H and O–H groups in total. The van der Waals surface area contributed by atoms with Crippen LogP contribution in [0.5, 0.6) is 0 Å². The second-order valence-electron chi connectivity index (χ2n) is 6.37. The first-order chi connectivity index (χ1) is 11.0. The van der Waals surface area contributed by atoms with Crippen molar-refractivity contribution >= 4 is 11.8 Å².